The van der Waals surface area contributed by atoms with Crippen molar-refractivity contribution in [3.05, 3.63) is 95.2 Å². The molecule has 2 aliphatic heterocycles. The third-order valence-corrected chi connectivity index (χ3v) is 10.1. The Hall–Kier alpha value is -5.87. The van der Waals surface area contributed by atoms with Crippen LogP contribution in [0, 0.1) is 5.92 Å². The summed E-state index contributed by atoms with van der Waals surface area (Å²) in [5, 5.41) is 12.5. The van der Waals surface area contributed by atoms with Gasteiger partial charge in [0.1, 0.15) is 5.60 Å². The number of carboxylic acid groups (broad SMARTS) is 1. The minimum Gasteiger partial charge on any atom is -0.493 e. The van der Waals surface area contributed by atoms with Crippen LogP contribution in [0.2, 0.25) is 0 Å². The lowest BCUT2D eigenvalue weighted by molar-refractivity contribution is -0.160. The number of hydrogen-bond donors (Lipinski definition) is 2. The van der Waals surface area contributed by atoms with E-state index in [4.69, 9.17) is 14.2 Å². The van der Waals surface area contributed by atoms with Crippen molar-refractivity contribution in [2.75, 3.05) is 66.4 Å². The number of hydrogen-bond acceptors (Lipinski definition) is 10. The van der Waals surface area contributed by atoms with E-state index >= 15 is 13.2 Å². The molecule has 0 unspecified atom stereocenters. The number of aromatic nitrogens is 1. The molecule has 3 aromatic carbocycles. The lowest BCUT2D eigenvalue weighted by Crippen LogP contribution is -2.47. The second-order valence-electron chi connectivity index (χ2n) is 15.3. The smallest absolute Gasteiger partial charge is 0.418 e. The van der Waals surface area contributed by atoms with Gasteiger partial charge >= 0.3 is 24.3 Å². The third-order valence-electron chi connectivity index (χ3n) is 10.1. The highest BCUT2D eigenvalue weighted by Crippen LogP contribution is 2.45. The highest BCUT2D eigenvalue weighted by molar-refractivity contribution is 5.87. The molecule has 0 saturated carbocycles. The van der Waals surface area contributed by atoms with Crippen LogP contribution in [0.25, 0.3) is 0 Å². The van der Waals surface area contributed by atoms with Gasteiger partial charge in [0.15, 0.2) is 11.5 Å². The summed E-state index contributed by atoms with van der Waals surface area (Å²) in [7, 11) is 1.42. The van der Waals surface area contributed by atoms with E-state index in [2.05, 4.69) is 10.3 Å². The molecule has 0 spiro atoms. The number of alkyl halides is 6. The molecule has 2 saturated heterocycles. The Labute approximate surface area is 337 Å². The van der Waals surface area contributed by atoms with Gasteiger partial charge in [0.25, 0.3) is 0 Å². The highest BCUT2D eigenvalue weighted by atomic mass is 19.4. The van der Waals surface area contributed by atoms with Crippen LogP contribution in [0.3, 0.4) is 0 Å². The van der Waals surface area contributed by atoms with Crippen LogP contribution in [-0.2, 0) is 28.4 Å². The van der Waals surface area contributed by atoms with Gasteiger partial charge in [-0.25, -0.2) is 9.78 Å². The number of pyridine rings is 1. The SMILES string of the molecule is COc1cccc(CNc2cc(C(F)(F)F)c(N3CCC(C(=O)OC(C)(C)C)CC3)cc2N2CCN(c3cccc(C(F)(F)F)c3)CC2)c1Oc1ccc(C(=O)O)cn1. The van der Waals surface area contributed by atoms with Gasteiger partial charge in [-0.3, -0.25) is 4.79 Å². The highest BCUT2D eigenvalue weighted by Gasteiger charge is 2.39. The maximum absolute atomic E-state index is 15.0. The van der Waals surface area contributed by atoms with Crippen LogP contribution in [-0.4, -0.2) is 74.0 Å². The lowest BCUT2D eigenvalue weighted by Gasteiger charge is -2.40. The van der Waals surface area contributed by atoms with Gasteiger partial charge < -0.3 is 39.3 Å². The Bertz CT molecular complexity index is 2120. The Morgan fingerprint density at radius 3 is 2.07 bits per heavy atom. The Kier molecular flexibility index (Phi) is 12.4. The van der Waals surface area contributed by atoms with Gasteiger partial charge in [0.05, 0.1) is 46.8 Å². The standard InChI is InChI=1S/C42H45F6N5O6/c1-40(2,3)59-39(56)26-13-15-52(16-14-26)33-23-34(53-19-17-51(18-20-53)30-9-6-8-29(21-30)41(43,44)45)32(22-31(33)42(46,47)48)49-24-27-7-5-10-35(57-4)37(27)58-36-12-11-28(25-50-36)38(54)55/h5-12,21-23,25-26,49H,13-20,24H2,1-4H3,(H,54,55). The van der Waals surface area contributed by atoms with Crippen LogP contribution >= 0.6 is 0 Å². The van der Waals surface area contributed by atoms with E-state index in [0.29, 0.717) is 48.6 Å². The quantitative estimate of drug-likeness (QED) is 0.111. The number of methoxy groups -OCH3 is 1. The molecule has 4 aromatic rings. The number of nitrogens with one attached hydrogen (secondary N) is 1. The largest absolute Gasteiger partial charge is 0.493 e. The van der Waals surface area contributed by atoms with Crippen molar-refractivity contribution in [2.45, 2.75) is 58.1 Å². The maximum atomic E-state index is 15.0. The summed E-state index contributed by atoms with van der Waals surface area (Å²) < 4.78 is 103. The van der Waals surface area contributed by atoms with E-state index < -0.39 is 41.0 Å². The molecule has 0 amide bonds. The molecule has 59 heavy (non-hydrogen) atoms. The Morgan fingerprint density at radius 1 is 0.814 bits per heavy atom. The molecule has 2 aliphatic rings. The van der Waals surface area contributed by atoms with Crippen LogP contribution in [0.5, 0.6) is 17.4 Å². The van der Waals surface area contributed by atoms with E-state index in [1.807, 2.05) is 9.80 Å². The summed E-state index contributed by atoms with van der Waals surface area (Å²) in [4.78, 5) is 33.6. The summed E-state index contributed by atoms with van der Waals surface area (Å²) in [5.41, 5.74) is -1.01. The van der Waals surface area contributed by atoms with Crippen molar-refractivity contribution in [3.8, 4) is 17.4 Å². The first-order valence-corrected chi connectivity index (χ1v) is 19.0. The number of benzene rings is 3. The number of halogens is 6. The van der Waals surface area contributed by atoms with Gasteiger partial charge in [0.2, 0.25) is 5.88 Å². The molecule has 11 nitrogen and oxygen atoms in total. The topological polar surface area (TPSA) is 117 Å². The first kappa shape index (κ1) is 42.7. The first-order chi connectivity index (χ1) is 27.8. The minimum atomic E-state index is -4.77. The molecule has 0 atom stereocenters. The summed E-state index contributed by atoms with van der Waals surface area (Å²) in [5.74, 6) is -1.47. The number of carboxylic acids is 1. The van der Waals surface area contributed by atoms with Gasteiger partial charge in [-0.15, -0.1) is 0 Å². The van der Waals surface area contributed by atoms with E-state index in [0.717, 1.165) is 24.4 Å². The number of ether oxygens (including phenoxy) is 3. The van der Waals surface area contributed by atoms with Crippen LogP contribution < -0.4 is 29.5 Å². The Balaban J connectivity index is 1.33. The average Bonchev–Trinajstić information content (AvgIpc) is 3.19. The van der Waals surface area contributed by atoms with E-state index in [1.54, 1.807) is 49.9 Å². The Morgan fingerprint density at radius 2 is 1.47 bits per heavy atom. The van der Waals surface area contributed by atoms with E-state index in [1.165, 1.54) is 31.4 Å². The zero-order chi connectivity index (χ0) is 42.7. The predicted octanol–water partition coefficient (Wildman–Crippen LogP) is 9.12. The number of esters is 1. The molecule has 3 heterocycles. The molecule has 0 aliphatic carbocycles. The maximum Gasteiger partial charge on any atom is 0.418 e. The monoisotopic (exact) mass is 829 g/mol. The molecule has 2 fully saturated rings. The lowest BCUT2D eigenvalue weighted by atomic mass is 9.95. The molecular formula is C42H45F6N5O6. The number of carbonyl (C=O) groups excluding carboxylic acids is 1. The van der Waals surface area contributed by atoms with Crippen molar-refractivity contribution < 1.29 is 55.2 Å². The van der Waals surface area contributed by atoms with E-state index in [9.17, 15) is 27.9 Å². The van der Waals surface area contributed by atoms with Crippen LogP contribution in [0.1, 0.15) is 60.7 Å². The second-order valence-corrected chi connectivity index (χ2v) is 15.3. The van der Waals surface area contributed by atoms with Gasteiger partial charge in [-0.05, 0) is 76.1 Å². The van der Waals surface area contributed by atoms with Gasteiger partial charge in [0, 0.05) is 69.3 Å². The molecular weight excluding hydrogens is 784 g/mol. The molecule has 2 N–H and O–H groups in total. The number of carbonyl (C=O) groups is 2. The molecule has 316 valence electrons. The fourth-order valence-electron chi connectivity index (χ4n) is 7.13. The fourth-order valence-corrected chi connectivity index (χ4v) is 7.13. The molecule has 1 aromatic heterocycles. The number of rotatable bonds is 11. The van der Waals surface area contributed by atoms with E-state index in [-0.39, 0.29) is 67.3 Å². The fraction of sp³-hybridized carbons (Fsp3) is 0.405. The average molecular weight is 830 g/mol. The van der Waals surface area contributed by atoms with Crippen molar-refractivity contribution >= 4 is 34.7 Å². The predicted molar refractivity (Wildman–Crippen MR) is 210 cm³/mol. The second kappa shape index (κ2) is 17.2. The van der Waals surface area contributed by atoms with Crippen LogP contribution in [0.4, 0.5) is 49.1 Å². The van der Waals surface area contributed by atoms with Crippen molar-refractivity contribution in [1.29, 1.82) is 0 Å². The molecule has 17 heteroatoms. The van der Waals surface area contributed by atoms with Crippen LogP contribution in [0.15, 0.2) is 72.9 Å². The molecule has 0 radical (unpaired) electrons. The number of piperidine rings is 1. The summed E-state index contributed by atoms with van der Waals surface area (Å²) in [6.07, 6.45) is -7.57. The number of para-hydroxylation sites is 1. The summed E-state index contributed by atoms with van der Waals surface area (Å²) in [6.45, 7) is 6.72. The van der Waals surface area contributed by atoms with Gasteiger partial charge in [-0.1, -0.05) is 18.2 Å². The normalized spacial score (nSPS) is 15.5. The first-order valence-electron chi connectivity index (χ1n) is 19.0. The summed E-state index contributed by atoms with van der Waals surface area (Å²) >= 11 is 0. The molecule has 0 bridgehead atoms. The number of anilines is 4. The van der Waals surface area contributed by atoms with Crippen molar-refractivity contribution in [1.82, 2.24) is 4.98 Å². The van der Waals surface area contributed by atoms with Crippen molar-refractivity contribution in [3.63, 3.8) is 0 Å². The number of aromatic carboxylic acids is 1. The third kappa shape index (κ3) is 10.4. The zero-order valence-corrected chi connectivity index (χ0v) is 32.9. The minimum absolute atomic E-state index is 0.0468. The number of piperazine rings is 1. The van der Waals surface area contributed by atoms with Gasteiger partial charge in [-0.2, -0.15) is 26.3 Å². The number of nitrogens with zero attached hydrogens (tertiary/aromatic N) is 4. The summed E-state index contributed by atoms with van der Waals surface area (Å²) in [6, 6.07) is 15.3. The molecule has 6 rings (SSSR count). The van der Waals surface area contributed by atoms with Crippen molar-refractivity contribution in [2.24, 2.45) is 5.92 Å². The zero-order valence-electron chi connectivity index (χ0n) is 32.9.